The first-order valence-electron chi connectivity index (χ1n) is 12.9. The van der Waals surface area contributed by atoms with Crippen LogP contribution in [-0.2, 0) is 23.9 Å². The average molecular weight is 607 g/mol. The first kappa shape index (κ1) is 27.5. The van der Waals surface area contributed by atoms with Gasteiger partial charge in [-0.05, 0) is 43.7 Å². The van der Waals surface area contributed by atoms with E-state index in [1.54, 1.807) is 92.7 Å². The Bertz CT molecular complexity index is 1460. The van der Waals surface area contributed by atoms with Crippen molar-refractivity contribution in [1.29, 1.82) is 0 Å². The average Bonchev–Trinajstić information content (AvgIpc) is 3.27. The molecule has 3 aromatic rings. The minimum Gasteiger partial charge on any atom is -0.464 e. The Morgan fingerprint density at radius 2 is 1.45 bits per heavy atom. The van der Waals surface area contributed by atoms with E-state index in [1.807, 2.05) is 0 Å². The summed E-state index contributed by atoms with van der Waals surface area (Å²) in [6, 6.07) is 20.9. The van der Waals surface area contributed by atoms with Crippen LogP contribution < -0.4 is 15.4 Å². The third kappa shape index (κ3) is 4.18. The Hall–Kier alpha value is -4.02. The predicted octanol–water partition coefficient (Wildman–Crippen LogP) is 3.83. The zero-order chi connectivity index (χ0) is 28.5. The van der Waals surface area contributed by atoms with Crippen LogP contribution >= 0.6 is 15.9 Å². The molecule has 0 unspecified atom stereocenters. The molecule has 2 heterocycles. The van der Waals surface area contributed by atoms with Gasteiger partial charge in [0.1, 0.15) is 5.75 Å². The molecule has 5 rings (SSSR count). The van der Waals surface area contributed by atoms with Gasteiger partial charge in [-0.15, -0.1) is 0 Å². The number of para-hydroxylation sites is 1. The van der Waals surface area contributed by atoms with E-state index in [0.29, 0.717) is 15.6 Å². The van der Waals surface area contributed by atoms with E-state index in [-0.39, 0.29) is 24.5 Å². The first-order chi connectivity index (χ1) is 19.3. The van der Waals surface area contributed by atoms with Crippen molar-refractivity contribution in [3.05, 3.63) is 100 Å². The number of nitrogens with one attached hydrogen (secondary N) is 2. The number of esters is 3. The number of fused-ring (bicyclic) bond motifs is 3. The third-order valence-corrected chi connectivity index (χ3v) is 7.98. The van der Waals surface area contributed by atoms with E-state index in [2.05, 4.69) is 26.6 Å². The van der Waals surface area contributed by atoms with Gasteiger partial charge in [0.25, 0.3) is 5.91 Å². The normalized spacial score (nSPS) is 22.3. The van der Waals surface area contributed by atoms with E-state index in [1.165, 1.54) is 0 Å². The molecule has 0 bridgehead atoms. The van der Waals surface area contributed by atoms with Crippen molar-refractivity contribution >= 4 is 39.7 Å². The Morgan fingerprint density at radius 3 is 2.08 bits per heavy atom. The fourth-order valence-corrected chi connectivity index (χ4v) is 6.16. The lowest BCUT2D eigenvalue weighted by molar-refractivity contribution is -0.167. The van der Waals surface area contributed by atoms with Gasteiger partial charge in [0.15, 0.2) is 5.54 Å². The highest BCUT2D eigenvalue weighted by molar-refractivity contribution is 9.10. The highest BCUT2D eigenvalue weighted by atomic mass is 79.9. The summed E-state index contributed by atoms with van der Waals surface area (Å²) in [5, 5.41) is 6.06. The van der Waals surface area contributed by atoms with Crippen LogP contribution in [0.5, 0.6) is 5.75 Å². The van der Waals surface area contributed by atoms with E-state index in [9.17, 15) is 19.2 Å². The summed E-state index contributed by atoms with van der Waals surface area (Å²) in [5.74, 6) is -4.44. The summed E-state index contributed by atoms with van der Waals surface area (Å²) < 4.78 is 17.3. The lowest BCUT2D eigenvalue weighted by Gasteiger charge is -2.42. The first-order valence-corrected chi connectivity index (χ1v) is 13.7. The molecule has 0 aliphatic carbocycles. The number of carbonyl (C=O) groups is 4. The fourth-order valence-electron chi connectivity index (χ4n) is 5.65. The molecule has 3 atom stereocenters. The summed E-state index contributed by atoms with van der Waals surface area (Å²) in [4.78, 5) is 56.0. The zero-order valence-corrected chi connectivity index (χ0v) is 23.4. The van der Waals surface area contributed by atoms with Gasteiger partial charge >= 0.3 is 17.9 Å². The van der Waals surface area contributed by atoms with Gasteiger partial charge in [0, 0.05) is 15.6 Å². The third-order valence-electron chi connectivity index (χ3n) is 7.25. The molecule has 2 aliphatic heterocycles. The molecule has 10 heteroatoms. The summed E-state index contributed by atoms with van der Waals surface area (Å²) in [7, 11) is 0. The molecule has 0 aromatic heterocycles. The number of rotatable bonds is 7. The maximum atomic E-state index is 14.3. The second-order valence-electron chi connectivity index (χ2n) is 9.40. The lowest BCUT2D eigenvalue weighted by atomic mass is 9.67. The predicted molar refractivity (Wildman–Crippen MR) is 147 cm³/mol. The monoisotopic (exact) mass is 606 g/mol. The van der Waals surface area contributed by atoms with Gasteiger partial charge in [-0.1, -0.05) is 70.5 Å². The van der Waals surface area contributed by atoms with Crippen molar-refractivity contribution < 1.29 is 33.4 Å². The van der Waals surface area contributed by atoms with E-state index < -0.39 is 46.9 Å². The van der Waals surface area contributed by atoms with Crippen LogP contribution in [0, 0.1) is 0 Å². The van der Waals surface area contributed by atoms with Crippen LogP contribution in [-0.4, -0.2) is 48.1 Å². The highest BCUT2D eigenvalue weighted by Gasteiger charge is 2.76. The molecule has 3 aromatic carbocycles. The molecule has 40 heavy (non-hydrogen) atoms. The molecular formula is C30H27BrN2O7. The van der Waals surface area contributed by atoms with Gasteiger partial charge in [0.2, 0.25) is 5.54 Å². The van der Waals surface area contributed by atoms with Crippen LogP contribution in [0.1, 0.15) is 47.3 Å². The molecule has 2 N–H and O–H groups in total. The topological polar surface area (TPSA) is 120 Å². The molecule has 206 valence electrons. The molecule has 0 spiro atoms. The Morgan fingerprint density at radius 1 is 0.875 bits per heavy atom. The Kier molecular flexibility index (Phi) is 7.48. The SMILES string of the molecule is CCOC(=O)C1(C(=O)OCC)N[C@@H]2c3ccccc3OC(=O)[C@]2(NC(=O)c2ccccc2)[C@H]1c1ccccc1Br. The van der Waals surface area contributed by atoms with Crippen LogP contribution in [0.3, 0.4) is 0 Å². The standard InChI is InChI=1S/C30H27BrN2O7/c1-3-38-26(35)30(27(36)39-4-2)23(19-14-8-10-16-21(19)31)29(33-25(34)18-12-6-5-7-13-18)24(32-30)20-15-9-11-17-22(20)40-28(29)37/h5-17,23-24,32H,3-4H2,1-2H3,(H,33,34)/t23-,24-,29+/m1/s1. The van der Waals surface area contributed by atoms with Crippen LogP contribution in [0.15, 0.2) is 83.3 Å². The van der Waals surface area contributed by atoms with Crippen molar-refractivity contribution in [3.63, 3.8) is 0 Å². The second kappa shape index (κ2) is 10.9. The summed E-state index contributed by atoms with van der Waals surface area (Å²) in [5.41, 5.74) is -3.07. The molecule has 2 aliphatic rings. The molecule has 1 amide bonds. The number of ether oxygens (including phenoxy) is 3. The largest absolute Gasteiger partial charge is 0.464 e. The van der Waals surface area contributed by atoms with Crippen molar-refractivity contribution in [2.45, 2.75) is 36.9 Å². The molecule has 1 saturated heterocycles. The summed E-state index contributed by atoms with van der Waals surface area (Å²) in [6.07, 6.45) is 0. The maximum absolute atomic E-state index is 14.3. The lowest BCUT2D eigenvalue weighted by Crippen LogP contribution is -2.66. The van der Waals surface area contributed by atoms with Crippen LogP contribution in [0.2, 0.25) is 0 Å². The molecule has 0 saturated carbocycles. The van der Waals surface area contributed by atoms with Crippen molar-refractivity contribution in [2.24, 2.45) is 0 Å². The summed E-state index contributed by atoms with van der Waals surface area (Å²) in [6.45, 7) is 3.14. The van der Waals surface area contributed by atoms with E-state index in [4.69, 9.17) is 14.2 Å². The highest BCUT2D eigenvalue weighted by Crippen LogP contribution is 2.57. The molecular weight excluding hydrogens is 580 g/mol. The smallest absolute Gasteiger partial charge is 0.340 e. The van der Waals surface area contributed by atoms with Crippen molar-refractivity contribution in [2.75, 3.05) is 13.2 Å². The fraction of sp³-hybridized carbons (Fsp3) is 0.267. The van der Waals surface area contributed by atoms with Gasteiger partial charge in [-0.3, -0.25) is 10.1 Å². The van der Waals surface area contributed by atoms with E-state index in [0.717, 1.165) is 0 Å². The van der Waals surface area contributed by atoms with Crippen molar-refractivity contribution in [1.82, 2.24) is 10.6 Å². The van der Waals surface area contributed by atoms with Gasteiger partial charge in [0.05, 0.1) is 25.2 Å². The number of halogens is 1. The minimum atomic E-state index is -2.24. The quantitative estimate of drug-likeness (QED) is 0.236. The number of carbonyl (C=O) groups excluding carboxylic acids is 4. The van der Waals surface area contributed by atoms with Gasteiger partial charge < -0.3 is 19.5 Å². The van der Waals surface area contributed by atoms with E-state index >= 15 is 0 Å². The summed E-state index contributed by atoms with van der Waals surface area (Å²) >= 11 is 3.54. The Balaban J connectivity index is 1.85. The number of hydrogen-bond donors (Lipinski definition) is 2. The molecule has 1 fully saturated rings. The zero-order valence-electron chi connectivity index (χ0n) is 21.8. The van der Waals surface area contributed by atoms with Crippen LogP contribution in [0.25, 0.3) is 0 Å². The number of amides is 1. The van der Waals surface area contributed by atoms with Crippen molar-refractivity contribution in [3.8, 4) is 5.75 Å². The second-order valence-corrected chi connectivity index (χ2v) is 10.3. The molecule has 0 radical (unpaired) electrons. The number of hydrogen-bond acceptors (Lipinski definition) is 8. The van der Waals surface area contributed by atoms with Gasteiger partial charge in [-0.2, -0.15) is 0 Å². The van der Waals surface area contributed by atoms with Gasteiger partial charge in [-0.25, -0.2) is 14.4 Å². The van der Waals surface area contributed by atoms with Crippen LogP contribution in [0.4, 0.5) is 0 Å². The maximum Gasteiger partial charge on any atom is 0.340 e. The Labute approximate surface area is 239 Å². The molecule has 9 nitrogen and oxygen atoms in total. The number of benzene rings is 3. The minimum absolute atomic E-state index is 0.0422.